The first-order valence-corrected chi connectivity index (χ1v) is 21.7. The highest BCUT2D eigenvalue weighted by Crippen LogP contribution is 2.41. The molecule has 3 fully saturated rings. The molecule has 3 rings (SSSR count). The molecule has 15 heteroatoms. The Balaban J connectivity index is 2.22. The maximum atomic E-state index is 14.3. The number of ether oxygens (including phenoxy) is 6. The van der Waals surface area contributed by atoms with Gasteiger partial charge in [0.05, 0.1) is 53.4 Å². The summed E-state index contributed by atoms with van der Waals surface area (Å²) in [4.78, 5) is 22.1. The molecule has 3 aliphatic rings. The second-order valence-electron chi connectivity index (χ2n) is 18.5. The maximum absolute atomic E-state index is 14.3. The van der Waals surface area contributed by atoms with E-state index in [1.807, 2.05) is 32.8 Å². The lowest BCUT2D eigenvalue weighted by atomic mass is 9.73. The molecule has 3 saturated heterocycles. The van der Waals surface area contributed by atoms with Crippen molar-refractivity contribution in [3.63, 3.8) is 0 Å². The monoisotopic (exact) mass is 833 g/mol. The van der Waals surface area contributed by atoms with Crippen LogP contribution in [0.5, 0.6) is 0 Å². The number of oxime groups is 1. The number of carbonyl (C=O) groups excluding carboxylic acids is 1. The van der Waals surface area contributed by atoms with Crippen molar-refractivity contribution in [1.82, 2.24) is 4.90 Å². The lowest BCUT2D eigenvalue weighted by molar-refractivity contribution is -0.317. The molecule has 0 amide bonds. The van der Waals surface area contributed by atoms with Crippen LogP contribution in [-0.2, 0) is 38.1 Å². The number of methoxy groups -OCH3 is 1. The summed E-state index contributed by atoms with van der Waals surface area (Å²) in [5.74, 6) is -3.90. The number of esters is 1. The van der Waals surface area contributed by atoms with Crippen molar-refractivity contribution in [2.75, 3.05) is 27.8 Å². The van der Waals surface area contributed by atoms with Crippen LogP contribution in [0.3, 0.4) is 0 Å². The summed E-state index contributed by atoms with van der Waals surface area (Å²) in [6, 6.07) is -0.308. The zero-order chi connectivity index (χ0) is 43.9. The van der Waals surface area contributed by atoms with E-state index < -0.39 is 102 Å². The molecule has 0 spiro atoms. The predicted octanol–water partition coefficient (Wildman–Crippen LogP) is 4.17. The van der Waals surface area contributed by atoms with Gasteiger partial charge in [-0.05, 0) is 87.7 Å². The number of aliphatic hydroxyl groups excluding tert-OH is 3. The number of hydrogen-bond acceptors (Lipinski definition) is 15. The van der Waals surface area contributed by atoms with E-state index >= 15 is 0 Å². The van der Waals surface area contributed by atoms with Crippen molar-refractivity contribution in [2.45, 2.75) is 212 Å². The number of aliphatic hydroxyl groups is 5. The van der Waals surface area contributed by atoms with Crippen LogP contribution in [0.1, 0.15) is 128 Å². The molecule has 0 saturated carbocycles. The standard InChI is InChI=1S/C43H80N2O13/c1-15-17-18-19-20-53-44-33-24(3)22-41(9,50)38(58-40-34(46)30(45(12)13)21-25(4)54-40)27(6)35(57-32-23-42(10,52-14)37(48)29(8)55-32)28(7)39(49)56-31(16-2)43(11,51)36(47)26(33)5/h24-32,34-38,40,46-48,50-51H,15-23H2,1-14H3/b44-33+/t24-,25-,26+,27+,28-,29+,30+,31-,32+,34-,35+,36-,37+,38-,40+,41-,42-,43-/m1/s1. The van der Waals surface area contributed by atoms with Crippen LogP contribution in [0, 0.1) is 23.7 Å². The van der Waals surface area contributed by atoms with Gasteiger partial charge in [-0.3, -0.25) is 4.79 Å². The van der Waals surface area contributed by atoms with E-state index in [1.54, 1.807) is 48.5 Å². The quantitative estimate of drug-likeness (QED) is 0.101. The number of cyclic esters (lactones) is 1. The smallest absolute Gasteiger partial charge is 0.311 e. The van der Waals surface area contributed by atoms with Gasteiger partial charge in [-0.2, -0.15) is 0 Å². The van der Waals surface area contributed by atoms with Gasteiger partial charge in [0.1, 0.15) is 30.5 Å². The Bertz CT molecular complexity index is 1300. The number of nitrogens with zero attached hydrogens (tertiary/aromatic N) is 2. The number of unbranched alkanes of at least 4 members (excludes halogenated alkanes) is 3. The van der Waals surface area contributed by atoms with E-state index in [1.165, 1.54) is 14.0 Å². The van der Waals surface area contributed by atoms with Gasteiger partial charge < -0.3 is 63.7 Å². The Kier molecular flexibility index (Phi) is 18.9. The Morgan fingerprint density at radius 3 is 2.12 bits per heavy atom. The van der Waals surface area contributed by atoms with Gasteiger partial charge in [0, 0.05) is 37.3 Å². The molecule has 3 aliphatic heterocycles. The molecular weight excluding hydrogens is 752 g/mol. The first-order chi connectivity index (χ1) is 27.0. The van der Waals surface area contributed by atoms with Crippen LogP contribution < -0.4 is 0 Å². The third-order valence-electron chi connectivity index (χ3n) is 13.1. The van der Waals surface area contributed by atoms with Crippen molar-refractivity contribution < 1.29 is 63.6 Å². The summed E-state index contributed by atoms with van der Waals surface area (Å²) in [6.07, 6.45) is -5.20. The summed E-state index contributed by atoms with van der Waals surface area (Å²) < 4.78 is 37.8. The molecule has 58 heavy (non-hydrogen) atoms. The third kappa shape index (κ3) is 12.1. The molecule has 0 unspecified atom stereocenters. The average molecular weight is 833 g/mol. The SMILES string of the molecule is CCCCCCO/N=C1\[C@H](C)C[C@@](C)(O)[C@H](O[C@@H]2O[C@H](C)C[C@H](N(C)C)[C@H]2O)[C@@H](C)[C@H](O[C@H]2C[C@@](C)(OC)[C@@H](O)[C@H](C)O2)[C@@H](C)C(=O)O[C@H](CC)[C@@](C)(O)[C@H](O)[C@H]1C. The van der Waals surface area contributed by atoms with Crippen molar-refractivity contribution >= 4 is 11.7 Å². The summed E-state index contributed by atoms with van der Waals surface area (Å²) >= 11 is 0. The fraction of sp³-hybridized carbons (Fsp3) is 0.953. The summed E-state index contributed by atoms with van der Waals surface area (Å²) in [6.45, 7) is 19.7. The average Bonchev–Trinajstić information content (AvgIpc) is 3.15. The van der Waals surface area contributed by atoms with Crippen molar-refractivity contribution in [3.8, 4) is 0 Å². The lowest BCUT2D eigenvalue weighted by Crippen LogP contribution is -2.61. The summed E-state index contributed by atoms with van der Waals surface area (Å²) in [5.41, 5.74) is -4.27. The molecule has 0 aromatic rings. The Labute approximate surface area is 348 Å². The van der Waals surface area contributed by atoms with Crippen LogP contribution >= 0.6 is 0 Å². The molecule has 18 atom stereocenters. The minimum atomic E-state index is -1.92. The second kappa shape index (κ2) is 21.5. The molecule has 3 heterocycles. The van der Waals surface area contributed by atoms with E-state index in [4.69, 9.17) is 33.3 Å². The van der Waals surface area contributed by atoms with E-state index in [-0.39, 0.29) is 31.4 Å². The normalized spacial score (nSPS) is 45.8. The van der Waals surface area contributed by atoms with Crippen LogP contribution in [-0.4, -0.2) is 154 Å². The predicted molar refractivity (Wildman–Crippen MR) is 219 cm³/mol. The number of rotatable bonds is 13. The fourth-order valence-corrected chi connectivity index (χ4v) is 9.31. The zero-order valence-corrected chi connectivity index (χ0v) is 37.9. The van der Waals surface area contributed by atoms with Crippen LogP contribution in [0.15, 0.2) is 5.16 Å². The van der Waals surface area contributed by atoms with E-state index in [0.29, 0.717) is 18.7 Å². The second-order valence-corrected chi connectivity index (χ2v) is 18.5. The molecule has 0 aromatic heterocycles. The molecule has 15 nitrogen and oxygen atoms in total. The van der Waals surface area contributed by atoms with Crippen molar-refractivity contribution in [1.29, 1.82) is 0 Å². The summed E-state index contributed by atoms with van der Waals surface area (Å²) in [5, 5.41) is 63.9. The Morgan fingerprint density at radius 1 is 0.879 bits per heavy atom. The first-order valence-electron chi connectivity index (χ1n) is 21.7. The van der Waals surface area contributed by atoms with Gasteiger partial charge in [0.25, 0.3) is 0 Å². The zero-order valence-electron chi connectivity index (χ0n) is 37.9. The molecular formula is C43H80N2O13. The topological polar surface area (TPSA) is 198 Å². The van der Waals surface area contributed by atoms with Crippen LogP contribution in [0.25, 0.3) is 0 Å². The van der Waals surface area contributed by atoms with E-state index in [2.05, 4.69) is 12.1 Å². The number of hydrogen-bond donors (Lipinski definition) is 5. The highest BCUT2D eigenvalue weighted by Gasteiger charge is 2.53. The molecule has 340 valence electrons. The Morgan fingerprint density at radius 2 is 1.53 bits per heavy atom. The first kappa shape index (κ1) is 50.9. The highest BCUT2D eigenvalue weighted by molar-refractivity contribution is 5.88. The van der Waals surface area contributed by atoms with Gasteiger partial charge in [-0.1, -0.05) is 52.6 Å². The maximum Gasteiger partial charge on any atom is 0.311 e. The molecule has 0 aliphatic carbocycles. The molecule has 0 bridgehead atoms. The number of carbonyl (C=O) groups is 1. The van der Waals surface area contributed by atoms with Gasteiger partial charge in [-0.15, -0.1) is 0 Å². The molecule has 0 aromatic carbocycles. The third-order valence-corrected chi connectivity index (χ3v) is 13.1. The van der Waals surface area contributed by atoms with Crippen LogP contribution in [0.4, 0.5) is 0 Å². The largest absolute Gasteiger partial charge is 0.459 e. The lowest BCUT2D eigenvalue weighted by Gasteiger charge is -2.49. The Hall–Kier alpha value is -1.50. The van der Waals surface area contributed by atoms with Crippen molar-refractivity contribution in [2.24, 2.45) is 28.8 Å². The molecule has 0 radical (unpaired) electrons. The number of likely N-dealkylation sites (N-methyl/N-ethyl adjacent to an activating group) is 1. The minimum absolute atomic E-state index is 0.0301. The van der Waals surface area contributed by atoms with E-state index in [0.717, 1.165) is 25.7 Å². The van der Waals surface area contributed by atoms with Gasteiger partial charge in [0.2, 0.25) is 0 Å². The minimum Gasteiger partial charge on any atom is -0.459 e. The highest BCUT2D eigenvalue weighted by atomic mass is 16.7. The molecule has 5 N–H and O–H groups in total. The van der Waals surface area contributed by atoms with Crippen LogP contribution in [0.2, 0.25) is 0 Å². The van der Waals surface area contributed by atoms with Crippen molar-refractivity contribution in [3.05, 3.63) is 0 Å². The summed E-state index contributed by atoms with van der Waals surface area (Å²) in [7, 11) is 5.26. The van der Waals surface area contributed by atoms with Gasteiger partial charge >= 0.3 is 5.97 Å². The van der Waals surface area contributed by atoms with E-state index in [9.17, 15) is 30.3 Å². The van der Waals surface area contributed by atoms with Gasteiger partial charge in [0.15, 0.2) is 12.6 Å². The van der Waals surface area contributed by atoms with Gasteiger partial charge in [-0.25, -0.2) is 0 Å². The fourth-order valence-electron chi connectivity index (χ4n) is 9.31.